The number of rotatable bonds is 6. The molecule has 0 aliphatic carbocycles. The topological polar surface area (TPSA) is 20.3 Å². The molecule has 4 heteroatoms. The minimum Gasteiger partial charge on any atom is -0.340 e. The monoisotopic (exact) mass is 267 g/mol. The summed E-state index contributed by atoms with van der Waals surface area (Å²) in [5.41, 5.74) is 0.156. The van der Waals surface area contributed by atoms with Crippen LogP contribution in [0.4, 0.5) is 0 Å². The van der Waals surface area contributed by atoms with Crippen LogP contribution in [0.25, 0.3) is 0 Å². The lowest BCUT2D eigenvalue weighted by molar-refractivity contribution is -0.132. The van der Waals surface area contributed by atoms with Crippen LogP contribution in [-0.2, 0) is 4.79 Å². The van der Waals surface area contributed by atoms with Gasteiger partial charge in [0.2, 0.25) is 5.91 Å². The van der Waals surface area contributed by atoms with Gasteiger partial charge < -0.3 is 4.90 Å². The Labute approximate surface area is 109 Å². The summed E-state index contributed by atoms with van der Waals surface area (Å²) in [6.07, 6.45) is 0.567. The smallest absolute Gasteiger partial charge is 0.222 e. The van der Waals surface area contributed by atoms with E-state index in [1.54, 1.807) is 4.90 Å². The third-order valence-electron chi connectivity index (χ3n) is 3.02. The molecule has 0 radical (unpaired) electrons. The molecule has 0 rings (SSSR count). The van der Waals surface area contributed by atoms with Gasteiger partial charge in [0.1, 0.15) is 0 Å². The summed E-state index contributed by atoms with van der Waals surface area (Å²) in [6, 6.07) is 0. The van der Waals surface area contributed by atoms with E-state index in [1.165, 1.54) is 0 Å². The van der Waals surface area contributed by atoms with Gasteiger partial charge in [0.25, 0.3) is 0 Å². The van der Waals surface area contributed by atoms with Gasteiger partial charge in [-0.2, -0.15) is 0 Å². The van der Waals surface area contributed by atoms with Crippen LogP contribution in [0.1, 0.15) is 34.1 Å². The van der Waals surface area contributed by atoms with E-state index >= 15 is 0 Å². The zero-order valence-corrected chi connectivity index (χ0v) is 12.2. The molecule has 0 saturated heterocycles. The van der Waals surface area contributed by atoms with Gasteiger partial charge in [-0.1, -0.05) is 27.7 Å². The van der Waals surface area contributed by atoms with E-state index in [4.69, 9.17) is 23.2 Å². The van der Waals surface area contributed by atoms with E-state index in [9.17, 15) is 4.79 Å². The first kappa shape index (κ1) is 16.1. The molecule has 0 saturated carbocycles. The first-order chi connectivity index (χ1) is 7.32. The molecule has 0 fully saturated rings. The maximum Gasteiger partial charge on any atom is 0.222 e. The van der Waals surface area contributed by atoms with Crippen LogP contribution in [0.5, 0.6) is 0 Å². The molecule has 0 aromatic carbocycles. The van der Waals surface area contributed by atoms with Crippen molar-refractivity contribution in [2.24, 2.45) is 11.3 Å². The number of hydrogen-bond acceptors (Lipinski definition) is 1. The van der Waals surface area contributed by atoms with Gasteiger partial charge in [-0.15, -0.1) is 23.2 Å². The second kappa shape index (κ2) is 7.39. The van der Waals surface area contributed by atoms with Crippen LogP contribution >= 0.6 is 23.2 Å². The van der Waals surface area contributed by atoms with Crippen molar-refractivity contribution in [1.29, 1.82) is 0 Å². The van der Waals surface area contributed by atoms with Crippen LogP contribution in [0.15, 0.2) is 0 Å². The minimum absolute atomic E-state index is 0.156. The molecule has 1 amide bonds. The molecular formula is C12H23Cl2NO. The summed E-state index contributed by atoms with van der Waals surface area (Å²) < 4.78 is 0. The Morgan fingerprint density at radius 1 is 1.19 bits per heavy atom. The predicted molar refractivity (Wildman–Crippen MR) is 71.3 cm³/mol. The molecule has 0 aliphatic heterocycles. The van der Waals surface area contributed by atoms with Crippen LogP contribution in [0, 0.1) is 11.3 Å². The van der Waals surface area contributed by atoms with Crippen LogP contribution in [0.2, 0.25) is 0 Å². The summed E-state index contributed by atoms with van der Waals surface area (Å²) in [5, 5.41) is 0. The van der Waals surface area contributed by atoms with Gasteiger partial charge in [0, 0.05) is 31.3 Å². The van der Waals surface area contributed by atoms with Gasteiger partial charge in [0.05, 0.1) is 0 Å². The van der Waals surface area contributed by atoms with E-state index in [0.717, 1.165) is 0 Å². The van der Waals surface area contributed by atoms with Crippen LogP contribution in [-0.4, -0.2) is 35.7 Å². The maximum atomic E-state index is 12.0. The quantitative estimate of drug-likeness (QED) is 0.676. The Morgan fingerprint density at radius 2 is 1.62 bits per heavy atom. The molecule has 96 valence electrons. The third kappa shape index (κ3) is 5.95. The molecule has 0 aromatic heterocycles. The molecule has 0 bridgehead atoms. The number of carbonyl (C=O) groups excluding carboxylic acids is 1. The van der Waals surface area contributed by atoms with Gasteiger partial charge in [-0.3, -0.25) is 4.79 Å². The lowest BCUT2D eigenvalue weighted by Crippen LogP contribution is -2.36. The van der Waals surface area contributed by atoms with Crippen molar-refractivity contribution < 1.29 is 4.79 Å². The fraction of sp³-hybridized carbons (Fsp3) is 0.917. The number of nitrogens with zero attached hydrogens (tertiary/aromatic N) is 1. The molecule has 0 heterocycles. The Kier molecular flexibility index (Phi) is 7.41. The van der Waals surface area contributed by atoms with Crippen LogP contribution < -0.4 is 0 Å². The Bertz CT molecular complexity index is 208. The highest BCUT2D eigenvalue weighted by Crippen LogP contribution is 2.28. The third-order valence-corrected chi connectivity index (χ3v) is 3.36. The summed E-state index contributed by atoms with van der Waals surface area (Å²) in [6.45, 7) is 9.74. The average Bonchev–Trinajstić information content (AvgIpc) is 2.15. The number of halogens is 2. The zero-order valence-electron chi connectivity index (χ0n) is 10.7. The normalized spacial score (nSPS) is 13.6. The number of alkyl halides is 2. The van der Waals surface area contributed by atoms with Gasteiger partial charge >= 0.3 is 0 Å². The highest BCUT2D eigenvalue weighted by atomic mass is 35.5. The second-order valence-electron chi connectivity index (χ2n) is 5.23. The van der Waals surface area contributed by atoms with Crippen molar-refractivity contribution in [1.82, 2.24) is 4.90 Å². The van der Waals surface area contributed by atoms with Crippen LogP contribution in [0.3, 0.4) is 0 Å². The Balaban J connectivity index is 4.29. The average molecular weight is 268 g/mol. The summed E-state index contributed by atoms with van der Waals surface area (Å²) >= 11 is 11.3. The fourth-order valence-corrected chi connectivity index (χ4v) is 1.67. The number of hydrogen-bond donors (Lipinski definition) is 0. The van der Waals surface area contributed by atoms with Crippen molar-refractivity contribution in [3.05, 3.63) is 0 Å². The second-order valence-corrected chi connectivity index (χ2v) is 5.99. The van der Waals surface area contributed by atoms with E-state index in [-0.39, 0.29) is 11.3 Å². The Morgan fingerprint density at radius 3 is 1.94 bits per heavy atom. The van der Waals surface area contributed by atoms with Gasteiger partial charge in [-0.05, 0) is 11.3 Å². The van der Waals surface area contributed by atoms with Gasteiger partial charge in [0.15, 0.2) is 0 Å². The molecule has 0 N–H and O–H groups in total. The maximum absolute atomic E-state index is 12.0. The lowest BCUT2D eigenvalue weighted by atomic mass is 9.80. The molecule has 16 heavy (non-hydrogen) atoms. The molecule has 0 spiro atoms. The van der Waals surface area contributed by atoms with Gasteiger partial charge in [-0.25, -0.2) is 0 Å². The minimum atomic E-state index is 0.156. The van der Waals surface area contributed by atoms with Crippen molar-refractivity contribution in [3.8, 4) is 0 Å². The molecule has 0 aliphatic rings. The van der Waals surface area contributed by atoms with E-state index in [2.05, 4.69) is 27.7 Å². The lowest BCUT2D eigenvalue weighted by Gasteiger charge is -2.29. The van der Waals surface area contributed by atoms with E-state index < -0.39 is 0 Å². The summed E-state index contributed by atoms with van der Waals surface area (Å²) in [4.78, 5) is 13.7. The summed E-state index contributed by atoms with van der Waals surface area (Å²) in [7, 11) is 0. The SMILES string of the molecule is CC(CC(=O)N(CCCl)CCCl)C(C)(C)C. The molecule has 2 nitrogen and oxygen atoms in total. The molecule has 1 atom stereocenters. The molecular weight excluding hydrogens is 245 g/mol. The van der Waals surface area contributed by atoms with Crippen molar-refractivity contribution in [2.75, 3.05) is 24.8 Å². The molecule has 1 unspecified atom stereocenters. The first-order valence-corrected chi connectivity index (χ1v) is 6.79. The summed E-state index contributed by atoms with van der Waals surface area (Å²) in [5.74, 6) is 1.44. The zero-order chi connectivity index (χ0) is 12.8. The largest absolute Gasteiger partial charge is 0.340 e. The predicted octanol–water partition coefficient (Wildman–Crippen LogP) is 3.36. The standard InChI is InChI=1S/C12H23Cl2NO/c1-10(12(2,3)4)9-11(16)15(7-5-13)8-6-14/h10H,5-9H2,1-4H3. The van der Waals surface area contributed by atoms with Crippen molar-refractivity contribution >= 4 is 29.1 Å². The molecule has 0 aromatic rings. The van der Waals surface area contributed by atoms with E-state index in [0.29, 0.717) is 37.2 Å². The number of carbonyl (C=O) groups is 1. The fourth-order valence-electron chi connectivity index (χ4n) is 1.26. The Hall–Kier alpha value is 0.0500. The number of amides is 1. The highest BCUT2D eigenvalue weighted by molar-refractivity contribution is 6.18. The van der Waals surface area contributed by atoms with Crippen molar-refractivity contribution in [3.63, 3.8) is 0 Å². The van der Waals surface area contributed by atoms with E-state index in [1.807, 2.05) is 0 Å². The van der Waals surface area contributed by atoms with Crippen molar-refractivity contribution in [2.45, 2.75) is 34.1 Å². The highest BCUT2D eigenvalue weighted by Gasteiger charge is 2.24. The first-order valence-electron chi connectivity index (χ1n) is 5.72.